The molecular weight excluding hydrogens is 365 g/mol. The fraction of sp³-hybridized carbons (Fsp3) is 0.455. The molecular formula is C22H27Cl2NO. The summed E-state index contributed by atoms with van der Waals surface area (Å²) in [6, 6.07) is 16.0. The van der Waals surface area contributed by atoms with Gasteiger partial charge in [-0.3, -0.25) is 0 Å². The van der Waals surface area contributed by atoms with Crippen LogP contribution in [0.3, 0.4) is 0 Å². The number of hydrogen-bond acceptors (Lipinski definition) is 2. The Morgan fingerprint density at radius 2 is 1.38 bits per heavy atom. The van der Waals surface area contributed by atoms with Gasteiger partial charge >= 0.3 is 0 Å². The molecule has 1 aliphatic rings. The number of benzene rings is 2. The third-order valence-corrected chi connectivity index (χ3v) is 6.50. The highest BCUT2D eigenvalue weighted by molar-refractivity contribution is 6.30. The van der Waals surface area contributed by atoms with Crippen LogP contribution in [-0.2, 0) is 0 Å². The molecule has 0 radical (unpaired) electrons. The summed E-state index contributed by atoms with van der Waals surface area (Å²) in [5.41, 5.74) is 1.53. The predicted molar refractivity (Wildman–Crippen MR) is 110 cm³/mol. The van der Waals surface area contributed by atoms with E-state index < -0.39 is 5.60 Å². The summed E-state index contributed by atoms with van der Waals surface area (Å²) in [6.45, 7) is 6.29. The molecule has 0 amide bonds. The van der Waals surface area contributed by atoms with Crippen LogP contribution in [0.2, 0.25) is 10.0 Å². The molecule has 3 rings (SSSR count). The first-order valence-electron chi connectivity index (χ1n) is 9.34. The Labute approximate surface area is 166 Å². The minimum atomic E-state index is -0.782. The van der Waals surface area contributed by atoms with Crippen LogP contribution in [0.1, 0.15) is 56.8 Å². The lowest BCUT2D eigenvalue weighted by molar-refractivity contribution is -0.105. The Balaban J connectivity index is 2.01. The van der Waals surface area contributed by atoms with E-state index in [1.54, 1.807) is 0 Å². The van der Waals surface area contributed by atoms with Gasteiger partial charge in [-0.2, -0.15) is 0 Å². The van der Waals surface area contributed by atoms with Gasteiger partial charge in [-0.25, -0.2) is 0 Å². The van der Waals surface area contributed by atoms with Crippen LogP contribution < -0.4 is 5.32 Å². The molecule has 140 valence electrons. The standard InChI is InChI=1S/C22H27Cl2NO/c1-4-5-19-21(16-8-12-18(24)13-9-16)25-20(14(2)22(19,3)26)15-6-10-17(23)11-7-15/h6-14,19-21,25-26H,4-5H2,1-3H3/t14-,19+,20-,21-,22+/m0/s1. The van der Waals surface area contributed by atoms with Crippen LogP contribution in [0.15, 0.2) is 48.5 Å². The first kappa shape index (κ1) is 19.7. The maximum absolute atomic E-state index is 11.5. The molecule has 0 aromatic heterocycles. The molecule has 1 aliphatic heterocycles. The third kappa shape index (κ3) is 3.80. The minimum absolute atomic E-state index is 0.0519. The van der Waals surface area contributed by atoms with Crippen molar-refractivity contribution < 1.29 is 5.11 Å². The van der Waals surface area contributed by atoms with E-state index in [1.807, 2.05) is 43.3 Å². The molecule has 0 unspecified atom stereocenters. The van der Waals surface area contributed by atoms with E-state index in [-0.39, 0.29) is 23.9 Å². The normalized spacial score (nSPS) is 31.8. The molecule has 0 bridgehead atoms. The summed E-state index contributed by atoms with van der Waals surface area (Å²) >= 11 is 12.1. The van der Waals surface area contributed by atoms with E-state index >= 15 is 0 Å². The van der Waals surface area contributed by atoms with Crippen molar-refractivity contribution in [2.75, 3.05) is 0 Å². The van der Waals surface area contributed by atoms with Gasteiger partial charge in [-0.15, -0.1) is 0 Å². The number of nitrogens with one attached hydrogen (secondary N) is 1. The van der Waals surface area contributed by atoms with E-state index in [9.17, 15) is 5.11 Å². The van der Waals surface area contributed by atoms with Crippen molar-refractivity contribution in [3.63, 3.8) is 0 Å². The Morgan fingerprint density at radius 3 is 1.85 bits per heavy atom. The topological polar surface area (TPSA) is 32.3 Å². The van der Waals surface area contributed by atoms with Gasteiger partial charge in [0.1, 0.15) is 0 Å². The van der Waals surface area contributed by atoms with Crippen molar-refractivity contribution in [2.24, 2.45) is 11.8 Å². The molecule has 1 saturated heterocycles. The summed E-state index contributed by atoms with van der Waals surface area (Å²) in [4.78, 5) is 0. The fourth-order valence-electron chi connectivity index (χ4n) is 4.29. The molecule has 2 N–H and O–H groups in total. The largest absolute Gasteiger partial charge is 0.389 e. The molecule has 5 atom stereocenters. The quantitative estimate of drug-likeness (QED) is 0.651. The van der Waals surface area contributed by atoms with Crippen LogP contribution in [-0.4, -0.2) is 10.7 Å². The number of rotatable bonds is 4. The lowest BCUT2D eigenvalue weighted by Gasteiger charge is -2.52. The van der Waals surface area contributed by atoms with Crippen molar-refractivity contribution in [2.45, 2.75) is 51.3 Å². The van der Waals surface area contributed by atoms with Gasteiger partial charge in [0.2, 0.25) is 0 Å². The minimum Gasteiger partial charge on any atom is -0.389 e. The number of hydrogen-bond donors (Lipinski definition) is 2. The maximum Gasteiger partial charge on any atom is 0.0709 e. The van der Waals surface area contributed by atoms with Crippen molar-refractivity contribution in [1.82, 2.24) is 5.32 Å². The van der Waals surface area contributed by atoms with Crippen molar-refractivity contribution in [3.8, 4) is 0 Å². The van der Waals surface area contributed by atoms with E-state index in [1.165, 1.54) is 5.56 Å². The highest BCUT2D eigenvalue weighted by Crippen LogP contribution is 2.48. The van der Waals surface area contributed by atoms with Gasteiger partial charge in [-0.05, 0) is 48.7 Å². The van der Waals surface area contributed by atoms with Gasteiger partial charge in [0.15, 0.2) is 0 Å². The van der Waals surface area contributed by atoms with E-state index in [0.29, 0.717) is 0 Å². The summed E-state index contributed by atoms with van der Waals surface area (Å²) < 4.78 is 0. The Kier molecular flexibility index (Phi) is 5.98. The van der Waals surface area contributed by atoms with Crippen LogP contribution in [0.25, 0.3) is 0 Å². The second-order valence-electron chi connectivity index (χ2n) is 7.63. The molecule has 2 aromatic rings. The van der Waals surface area contributed by atoms with E-state index in [4.69, 9.17) is 23.2 Å². The van der Waals surface area contributed by atoms with Crippen molar-refractivity contribution >= 4 is 23.2 Å². The molecule has 2 aromatic carbocycles. The maximum atomic E-state index is 11.5. The summed E-state index contributed by atoms with van der Waals surface area (Å²) in [7, 11) is 0. The van der Waals surface area contributed by atoms with Crippen LogP contribution >= 0.6 is 23.2 Å². The zero-order valence-corrected chi connectivity index (χ0v) is 17.1. The van der Waals surface area contributed by atoms with E-state index in [0.717, 1.165) is 28.5 Å². The fourth-order valence-corrected chi connectivity index (χ4v) is 4.54. The zero-order chi connectivity index (χ0) is 18.9. The van der Waals surface area contributed by atoms with Crippen LogP contribution in [0.5, 0.6) is 0 Å². The van der Waals surface area contributed by atoms with Crippen LogP contribution in [0.4, 0.5) is 0 Å². The molecule has 0 spiro atoms. The lowest BCUT2D eigenvalue weighted by atomic mass is 9.65. The molecule has 0 saturated carbocycles. The second kappa shape index (κ2) is 7.90. The number of piperidine rings is 1. The smallest absolute Gasteiger partial charge is 0.0709 e. The van der Waals surface area contributed by atoms with Gasteiger partial charge in [0.05, 0.1) is 5.60 Å². The Morgan fingerprint density at radius 1 is 0.923 bits per heavy atom. The summed E-state index contributed by atoms with van der Waals surface area (Å²) in [6.07, 6.45) is 2.00. The molecule has 2 nitrogen and oxygen atoms in total. The Hall–Kier alpha value is -1.06. The van der Waals surface area contributed by atoms with Gasteiger partial charge in [0, 0.05) is 34.0 Å². The van der Waals surface area contributed by atoms with Gasteiger partial charge < -0.3 is 10.4 Å². The predicted octanol–water partition coefficient (Wildman–Crippen LogP) is 6.18. The summed E-state index contributed by atoms with van der Waals surface area (Å²) in [5.74, 6) is 0.205. The lowest BCUT2D eigenvalue weighted by Crippen LogP contribution is -2.56. The molecule has 26 heavy (non-hydrogen) atoms. The summed E-state index contributed by atoms with van der Waals surface area (Å²) in [5, 5.41) is 16.8. The second-order valence-corrected chi connectivity index (χ2v) is 8.51. The third-order valence-electron chi connectivity index (χ3n) is 5.99. The number of halogens is 2. The zero-order valence-electron chi connectivity index (χ0n) is 15.5. The van der Waals surface area contributed by atoms with Gasteiger partial charge in [-0.1, -0.05) is 67.7 Å². The molecule has 4 heteroatoms. The molecule has 1 heterocycles. The highest BCUT2D eigenvalue weighted by atomic mass is 35.5. The van der Waals surface area contributed by atoms with Crippen molar-refractivity contribution in [3.05, 3.63) is 69.7 Å². The monoisotopic (exact) mass is 391 g/mol. The Bertz CT molecular complexity index is 727. The molecule has 0 aliphatic carbocycles. The average molecular weight is 392 g/mol. The van der Waals surface area contributed by atoms with Gasteiger partial charge in [0.25, 0.3) is 0 Å². The van der Waals surface area contributed by atoms with E-state index in [2.05, 4.69) is 31.3 Å². The highest BCUT2D eigenvalue weighted by Gasteiger charge is 2.49. The van der Waals surface area contributed by atoms with Crippen molar-refractivity contribution in [1.29, 1.82) is 0 Å². The van der Waals surface area contributed by atoms with Crippen LogP contribution in [0, 0.1) is 11.8 Å². The first-order chi connectivity index (χ1) is 12.3. The first-order valence-corrected chi connectivity index (χ1v) is 10.1. The molecule has 1 fully saturated rings. The SMILES string of the molecule is CCC[C@@H]1[C@H](c2ccc(Cl)cc2)N[C@H](c2ccc(Cl)cc2)[C@H](C)[C@@]1(C)O. The number of aliphatic hydroxyl groups is 1. The average Bonchev–Trinajstić information content (AvgIpc) is 2.62.